The lowest BCUT2D eigenvalue weighted by Crippen LogP contribution is -2.23. The van der Waals surface area contributed by atoms with E-state index in [9.17, 15) is 13.2 Å². The number of nitrogens with zero attached hydrogens (tertiary/aromatic N) is 1. The van der Waals surface area contributed by atoms with Gasteiger partial charge in [-0.15, -0.1) is 13.2 Å². The summed E-state index contributed by atoms with van der Waals surface area (Å²) in [6, 6.07) is 11.0. The average Bonchev–Trinajstić information content (AvgIpc) is 2.61. The summed E-state index contributed by atoms with van der Waals surface area (Å²) < 4.78 is 51.7. The summed E-state index contributed by atoms with van der Waals surface area (Å²) in [5.41, 5.74) is 6.85. The van der Waals surface area contributed by atoms with Crippen LogP contribution in [0.5, 0.6) is 17.2 Å². The molecule has 0 radical (unpaired) electrons. The van der Waals surface area contributed by atoms with Gasteiger partial charge in [0.2, 0.25) is 0 Å². The Morgan fingerprint density at radius 3 is 2.41 bits per heavy atom. The second-order valence-corrected chi connectivity index (χ2v) is 5.37. The molecule has 27 heavy (non-hydrogen) atoms. The monoisotopic (exact) mass is 383 g/mol. The van der Waals surface area contributed by atoms with E-state index >= 15 is 0 Å². The summed E-state index contributed by atoms with van der Waals surface area (Å²) in [6.07, 6.45) is -4.51. The number of anilines is 1. The molecule has 0 saturated carbocycles. The molecule has 3 N–H and O–H groups in total. The van der Waals surface area contributed by atoms with Crippen LogP contribution in [0.15, 0.2) is 47.5 Å². The molecule has 0 aromatic heterocycles. The molecule has 146 valence electrons. The van der Waals surface area contributed by atoms with Gasteiger partial charge in [0, 0.05) is 18.3 Å². The Morgan fingerprint density at radius 1 is 1.04 bits per heavy atom. The molecule has 0 aliphatic rings. The highest BCUT2D eigenvalue weighted by Crippen LogP contribution is 2.29. The minimum atomic E-state index is -4.74. The highest BCUT2D eigenvalue weighted by molar-refractivity contribution is 5.92. The number of hydrogen-bond donors (Lipinski definition) is 2. The maximum atomic E-state index is 12.4. The van der Waals surface area contributed by atoms with Crippen molar-refractivity contribution in [3.8, 4) is 17.2 Å². The Bertz CT molecular complexity index is 795. The molecule has 0 bridgehead atoms. The SMILES string of the molecule is COc1ccc(NC(N)=NCCc2ccccc2OC(F)(F)F)cc1OC. The summed E-state index contributed by atoms with van der Waals surface area (Å²) in [7, 11) is 3.04. The lowest BCUT2D eigenvalue weighted by atomic mass is 10.1. The van der Waals surface area contributed by atoms with Gasteiger partial charge in [-0.05, 0) is 30.2 Å². The van der Waals surface area contributed by atoms with Gasteiger partial charge in [-0.3, -0.25) is 4.99 Å². The first-order valence-electron chi connectivity index (χ1n) is 7.95. The molecule has 0 spiro atoms. The topological polar surface area (TPSA) is 78.1 Å². The maximum Gasteiger partial charge on any atom is 0.573 e. The van der Waals surface area contributed by atoms with Crippen LogP contribution in [-0.4, -0.2) is 33.1 Å². The normalized spacial score (nSPS) is 11.8. The Balaban J connectivity index is 1.99. The number of para-hydroxylation sites is 1. The molecule has 0 atom stereocenters. The number of hydrogen-bond acceptors (Lipinski definition) is 4. The number of halogens is 3. The van der Waals surface area contributed by atoms with Crippen molar-refractivity contribution in [2.75, 3.05) is 26.1 Å². The molecule has 0 aliphatic carbocycles. The number of nitrogens with two attached hydrogens (primary N) is 1. The zero-order valence-electron chi connectivity index (χ0n) is 14.8. The number of alkyl halides is 3. The van der Waals surface area contributed by atoms with E-state index in [1.54, 1.807) is 30.3 Å². The molecule has 6 nitrogen and oxygen atoms in total. The number of nitrogens with one attached hydrogen (secondary N) is 1. The average molecular weight is 383 g/mol. The fourth-order valence-corrected chi connectivity index (χ4v) is 2.33. The predicted octanol–water partition coefficient (Wildman–Crippen LogP) is 3.57. The first-order chi connectivity index (χ1) is 12.8. The van der Waals surface area contributed by atoms with E-state index < -0.39 is 6.36 Å². The molecule has 2 aromatic carbocycles. The first kappa shape index (κ1) is 20.2. The van der Waals surface area contributed by atoms with Crippen LogP contribution in [-0.2, 0) is 6.42 Å². The van der Waals surface area contributed by atoms with Crippen molar-refractivity contribution in [1.82, 2.24) is 0 Å². The number of guanidine groups is 1. The van der Waals surface area contributed by atoms with Crippen molar-refractivity contribution < 1.29 is 27.4 Å². The van der Waals surface area contributed by atoms with Gasteiger partial charge in [0.05, 0.1) is 14.2 Å². The number of ether oxygens (including phenoxy) is 3. The number of methoxy groups -OCH3 is 2. The van der Waals surface area contributed by atoms with Crippen LogP contribution in [0.25, 0.3) is 0 Å². The van der Waals surface area contributed by atoms with E-state index in [1.165, 1.54) is 26.4 Å². The molecular weight excluding hydrogens is 363 g/mol. The van der Waals surface area contributed by atoms with Gasteiger partial charge in [-0.25, -0.2) is 0 Å². The minimum Gasteiger partial charge on any atom is -0.493 e. The van der Waals surface area contributed by atoms with Gasteiger partial charge in [0.15, 0.2) is 17.5 Å². The third-order valence-corrected chi connectivity index (χ3v) is 3.52. The van der Waals surface area contributed by atoms with E-state index in [4.69, 9.17) is 15.2 Å². The smallest absolute Gasteiger partial charge is 0.493 e. The van der Waals surface area contributed by atoms with Crippen molar-refractivity contribution >= 4 is 11.6 Å². The van der Waals surface area contributed by atoms with Crippen LogP contribution in [0.2, 0.25) is 0 Å². The highest BCUT2D eigenvalue weighted by Gasteiger charge is 2.31. The molecule has 9 heteroatoms. The molecule has 2 aromatic rings. The number of benzene rings is 2. The summed E-state index contributed by atoms with van der Waals surface area (Å²) in [5.74, 6) is 0.969. The third-order valence-electron chi connectivity index (χ3n) is 3.52. The van der Waals surface area contributed by atoms with Gasteiger partial charge in [-0.2, -0.15) is 0 Å². The molecule has 0 fully saturated rings. The zero-order chi connectivity index (χ0) is 19.9. The molecule has 0 saturated heterocycles. The molecular formula is C18H20F3N3O3. The van der Waals surface area contributed by atoms with Crippen LogP contribution < -0.4 is 25.3 Å². The highest BCUT2D eigenvalue weighted by atomic mass is 19.4. The van der Waals surface area contributed by atoms with Crippen molar-refractivity contribution in [1.29, 1.82) is 0 Å². The van der Waals surface area contributed by atoms with E-state index in [0.717, 1.165) is 0 Å². The van der Waals surface area contributed by atoms with E-state index in [2.05, 4.69) is 15.0 Å². The van der Waals surface area contributed by atoms with Crippen LogP contribution in [0.1, 0.15) is 5.56 Å². The van der Waals surface area contributed by atoms with E-state index in [0.29, 0.717) is 22.7 Å². The first-order valence-corrected chi connectivity index (χ1v) is 7.95. The van der Waals surface area contributed by atoms with Crippen molar-refractivity contribution in [2.45, 2.75) is 12.8 Å². The summed E-state index contributed by atoms with van der Waals surface area (Å²) in [4.78, 5) is 4.12. The second kappa shape index (κ2) is 9.02. The molecule has 0 heterocycles. The summed E-state index contributed by atoms with van der Waals surface area (Å²) in [5, 5.41) is 2.89. The Hall–Kier alpha value is -3.10. The Kier molecular flexibility index (Phi) is 6.75. The van der Waals surface area contributed by atoms with Gasteiger partial charge in [-0.1, -0.05) is 18.2 Å². The van der Waals surface area contributed by atoms with Crippen LogP contribution in [0, 0.1) is 0 Å². The van der Waals surface area contributed by atoms with E-state index in [1.807, 2.05) is 0 Å². The molecule has 2 rings (SSSR count). The van der Waals surface area contributed by atoms with Gasteiger partial charge in [0.1, 0.15) is 5.75 Å². The van der Waals surface area contributed by atoms with E-state index in [-0.39, 0.29) is 24.7 Å². The molecule has 0 unspecified atom stereocenters. The van der Waals surface area contributed by atoms with Gasteiger partial charge < -0.3 is 25.3 Å². The number of rotatable bonds is 7. The predicted molar refractivity (Wildman–Crippen MR) is 96.5 cm³/mol. The minimum absolute atomic E-state index is 0.122. The Labute approximate surface area is 154 Å². The zero-order valence-corrected chi connectivity index (χ0v) is 14.8. The van der Waals surface area contributed by atoms with Crippen LogP contribution in [0.4, 0.5) is 18.9 Å². The fourth-order valence-electron chi connectivity index (χ4n) is 2.33. The van der Waals surface area contributed by atoms with Gasteiger partial charge in [0.25, 0.3) is 0 Å². The standard InChI is InChI=1S/C18H20F3N3O3/c1-25-15-8-7-13(11-16(15)26-2)24-17(22)23-10-9-12-5-3-4-6-14(12)27-18(19,20)21/h3-8,11H,9-10H2,1-2H3,(H3,22,23,24). The lowest BCUT2D eigenvalue weighted by molar-refractivity contribution is -0.274. The maximum absolute atomic E-state index is 12.4. The molecule has 0 aliphatic heterocycles. The fraction of sp³-hybridized carbons (Fsp3) is 0.278. The Morgan fingerprint density at radius 2 is 1.74 bits per heavy atom. The van der Waals surface area contributed by atoms with Crippen molar-refractivity contribution in [3.05, 3.63) is 48.0 Å². The van der Waals surface area contributed by atoms with Crippen LogP contribution in [0.3, 0.4) is 0 Å². The number of aliphatic imine (C=N–C) groups is 1. The summed E-state index contributed by atoms with van der Waals surface area (Å²) in [6.45, 7) is 0.185. The van der Waals surface area contributed by atoms with Crippen molar-refractivity contribution in [3.63, 3.8) is 0 Å². The largest absolute Gasteiger partial charge is 0.573 e. The second-order valence-electron chi connectivity index (χ2n) is 5.37. The van der Waals surface area contributed by atoms with Crippen molar-refractivity contribution in [2.24, 2.45) is 10.7 Å². The van der Waals surface area contributed by atoms with Crippen LogP contribution >= 0.6 is 0 Å². The lowest BCUT2D eigenvalue weighted by Gasteiger charge is -2.13. The van der Waals surface area contributed by atoms with Gasteiger partial charge >= 0.3 is 6.36 Å². The summed E-state index contributed by atoms with van der Waals surface area (Å²) >= 11 is 0. The molecule has 0 amide bonds. The third kappa shape index (κ3) is 6.28. The quantitative estimate of drug-likeness (QED) is 0.565.